The molecule has 0 atom stereocenters. The minimum absolute atomic E-state index is 0.0000872. The van der Waals surface area contributed by atoms with E-state index in [0.29, 0.717) is 12.5 Å². The quantitative estimate of drug-likeness (QED) is 0.562. The number of thiophene rings is 1. The van der Waals surface area contributed by atoms with Crippen molar-refractivity contribution in [1.29, 1.82) is 0 Å². The summed E-state index contributed by atoms with van der Waals surface area (Å²) in [7, 11) is 3.48. The number of amides is 1. The molecule has 0 fully saturated rings. The Balaban J connectivity index is 1.97. The van der Waals surface area contributed by atoms with Gasteiger partial charge < -0.3 is 15.5 Å². The second-order valence-corrected chi connectivity index (χ2v) is 7.59. The Morgan fingerprint density at radius 2 is 2.08 bits per heavy atom. The molecule has 0 aliphatic carbocycles. The minimum Gasteiger partial charge on any atom is -0.356 e. The lowest BCUT2D eigenvalue weighted by atomic mass is 10.1. The van der Waals surface area contributed by atoms with Gasteiger partial charge in [-0.3, -0.25) is 4.79 Å². The van der Waals surface area contributed by atoms with Crippen LogP contribution in [0.3, 0.4) is 0 Å². The second kappa shape index (κ2) is 10.2. The first-order valence-electron chi connectivity index (χ1n) is 8.45. The predicted octanol–water partition coefficient (Wildman–Crippen LogP) is 3.08. The topological polar surface area (TPSA) is 56.7 Å². The molecule has 140 valence electrons. The lowest BCUT2D eigenvalue weighted by Gasteiger charge is -2.15. The van der Waals surface area contributed by atoms with E-state index in [9.17, 15) is 4.79 Å². The lowest BCUT2D eigenvalue weighted by molar-refractivity contribution is -0.127. The molecule has 0 spiro atoms. The van der Waals surface area contributed by atoms with Crippen LogP contribution in [0.2, 0.25) is 5.02 Å². The van der Waals surface area contributed by atoms with E-state index in [2.05, 4.69) is 27.1 Å². The first kappa shape index (κ1) is 20.3. The molecular weight excluding hydrogens is 368 g/mol. The van der Waals surface area contributed by atoms with Crippen LogP contribution in [0.5, 0.6) is 0 Å². The van der Waals surface area contributed by atoms with E-state index in [1.54, 1.807) is 30.3 Å². The number of halogens is 1. The van der Waals surface area contributed by atoms with E-state index in [-0.39, 0.29) is 12.5 Å². The average Bonchev–Trinajstić information content (AvgIpc) is 3.12. The molecule has 5 nitrogen and oxygen atoms in total. The van der Waals surface area contributed by atoms with Gasteiger partial charge in [0.05, 0.1) is 13.1 Å². The summed E-state index contributed by atoms with van der Waals surface area (Å²) >= 11 is 7.81. The van der Waals surface area contributed by atoms with Crippen LogP contribution in [-0.2, 0) is 17.8 Å². The summed E-state index contributed by atoms with van der Waals surface area (Å²) in [6.45, 7) is 3.45. The molecule has 2 rings (SSSR count). The van der Waals surface area contributed by atoms with Crippen molar-refractivity contribution in [3.05, 3.63) is 56.7 Å². The zero-order valence-corrected chi connectivity index (χ0v) is 17.0. The first-order valence-corrected chi connectivity index (χ1v) is 9.71. The van der Waals surface area contributed by atoms with Gasteiger partial charge in [-0.1, -0.05) is 29.8 Å². The third-order valence-corrected chi connectivity index (χ3v) is 5.15. The molecule has 0 aliphatic heterocycles. The molecule has 1 aromatic heterocycles. The zero-order valence-electron chi connectivity index (χ0n) is 15.4. The number of nitrogens with one attached hydrogen (secondary N) is 2. The number of nitrogens with zero attached hydrogens (tertiary/aromatic N) is 2. The molecule has 1 heterocycles. The van der Waals surface area contributed by atoms with Crippen LogP contribution in [0.25, 0.3) is 0 Å². The zero-order chi connectivity index (χ0) is 18.9. The van der Waals surface area contributed by atoms with Gasteiger partial charge in [0.2, 0.25) is 5.91 Å². The van der Waals surface area contributed by atoms with E-state index < -0.39 is 0 Å². The van der Waals surface area contributed by atoms with Gasteiger partial charge in [0.1, 0.15) is 0 Å². The Morgan fingerprint density at radius 1 is 1.27 bits per heavy atom. The third-order valence-electron chi connectivity index (χ3n) is 3.79. The van der Waals surface area contributed by atoms with Crippen LogP contribution in [0.4, 0.5) is 0 Å². The number of aliphatic imine (C=N–C) groups is 1. The number of aryl methyl sites for hydroxylation is 1. The van der Waals surface area contributed by atoms with E-state index in [4.69, 9.17) is 11.6 Å². The highest BCUT2D eigenvalue weighted by Crippen LogP contribution is 2.16. The molecule has 0 saturated heterocycles. The van der Waals surface area contributed by atoms with Crippen molar-refractivity contribution >= 4 is 34.8 Å². The summed E-state index contributed by atoms with van der Waals surface area (Å²) in [6, 6.07) is 10.0. The fourth-order valence-electron chi connectivity index (χ4n) is 2.23. The number of hydrogen-bond donors (Lipinski definition) is 2. The fourth-order valence-corrected chi connectivity index (χ4v) is 3.05. The third kappa shape index (κ3) is 6.69. The number of guanidine groups is 1. The molecule has 0 unspecified atom stereocenters. The monoisotopic (exact) mass is 392 g/mol. The predicted molar refractivity (Wildman–Crippen MR) is 110 cm³/mol. The minimum atomic E-state index is 0.0000872. The molecule has 0 bridgehead atoms. The molecule has 1 aromatic carbocycles. The molecule has 26 heavy (non-hydrogen) atoms. The van der Waals surface area contributed by atoms with Gasteiger partial charge in [-0.25, -0.2) is 4.99 Å². The molecule has 2 aromatic rings. The highest BCUT2D eigenvalue weighted by molar-refractivity contribution is 7.09. The van der Waals surface area contributed by atoms with Crippen molar-refractivity contribution in [2.45, 2.75) is 19.9 Å². The average molecular weight is 393 g/mol. The second-order valence-electron chi connectivity index (χ2n) is 6.15. The number of rotatable bonds is 7. The maximum Gasteiger partial charge on any atom is 0.241 e. The summed E-state index contributed by atoms with van der Waals surface area (Å²) in [6.07, 6.45) is 0.917. The maximum atomic E-state index is 11.8. The Morgan fingerprint density at radius 3 is 2.73 bits per heavy atom. The van der Waals surface area contributed by atoms with Gasteiger partial charge in [-0.2, -0.15) is 0 Å². The summed E-state index contributed by atoms with van der Waals surface area (Å²) in [5.41, 5.74) is 2.10. The number of benzene rings is 1. The molecular formula is C19H25ClN4OS. The van der Waals surface area contributed by atoms with Gasteiger partial charge in [-0.15, -0.1) is 11.3 Å². The molecule has 0 saturated carbocycles. The Kier molecular flexibility index (Phi) is 7.94. The van der Waals surface area contributed by atoms with Crippen molar-refractivity contribution in [2.75, 3.05) is 27.2 Å². The Hall–Kier alpha value is -2.05. The smallest absolute Gasteiger partial charge is 0.241 e. The highest BCUT2D eigenvalue weighted by atomic mass is 35.5. The molecule has 2 N–H and O–H groups in total. The van der Waals surface area contributed by atoms with Crippen LogP contribution >= 0.6 is 22.9 Å². The fraction of sp³-hybridized carbons (Fsp3) is 0.368. The summed E-state index contributed by atoms with van der Waals surface area (Å²) in [5.74, 6) is 0.629. The van der Waals surface area contributed by atoms with Crippen molar-refractivity contribution < 1.29 is 4.79 Å². The molecule has 1 amide bonds. The number of likely N-dealkylation sites (N-methyl/N-ethyl adjacent to an activating group) is 1. The van der Waals surface area contributed by atoms with Crippen LogP contribution in [0, 0.1) is 6.92 Å². The van der Waals surface area contributed by atoms with Crippen LogP contribution in [0.1, 0.15) is 16.0 Å². The Bertz CT molecular complexity index is 744. The number of carbonyl (C=O) groups is 1. The van der Waals surface area contributed by atoms with E-state index in [0.717, 1.165) is 29.1 Å². The van der Waals surface area contributed by atoms with E-state index in [1.807, 2.05) is 31.2 Å². The van der Waals surface area contributed by atoms with Crippen LogP contribution in [0.15, 0.2) is 40.7 Å². The van der Waals surface area contributed by atoms with Crippen LogP contribution < -0.4 is 10.6 Å². The van der Waals surface area contributed by atoms with E-state index >= 15 is 0 Å². The maximum absolute atomic E-state index is 11.8. The Labute approximate surface area is 164 Å². The molecule has 7 heteroatoms. The SMILES string of the molecule is Cc1cc(CN=C(NCCc2cccs2)NCC(=O)N(C)C)ccc1Cl. The van der Waals surface area contributed by atoms with Crippen molar-refractivity contribution in [3.63, 3.8) is 0 Å². The normalized spacial score (nSPS) is 11.3. The molecule has 0 aliphatic rings. The van der Waals surface area contributed by atoms with Crippen LogP contribution in [-0.4, -0.2) is 44.0 Å². The number of carbonyl (C=O) groups excluding carboxylic acids is 1. The van der Waals surface area contributed by atoms with Gasteiger partial charge in [0.25, 0.3) is 0 Å². The number of hydrogen-bond acceptors (Lipinski definition) is 3. The van der Waals surface area contributed by atoms with Gasteiger partial charge in [0, 0.05) is 30.5 Å². The molecule has 0 radical (unpaired) electrons. The van der Waals surface area contributed by atoms with Gasteiger partial charge >= 0.3 is 0 Å². The van der Waals surface area contributed by atoms with Gasteiger partial charge in [0.15, 0.2) is 5.96 Å². The summed E-state index contributed by atoms with van der Waals surface area (Å²) in [4.78, 5) is 19.3. The summed E-state index contributed by atoms with van der Waals surface area (Å²) < 4.78 is 0. The summed E-state index contributed by atoms with van der Waals surface area (Å²) in [5, 5.41) is 9.22. The standard InChI is InChI=1S/C19H25ClN4OS/c1-14-11-15(6-7-17(14)20)12-22-19(23-13-18(25)24(2)3)21-9-8-16-5-4-10-26-16/h4-7,10-11H,8-9,12-13H2,1-3H3,(H2,21,22,23). The van der Waals surface area contributed by atoms with Crippen molar-refractivity contribution in [1.82, 2.24) is 15.5 Å². The van der Waals surface area contributed by atoms with Crippen molar-refractivity contribution in [3.8, 4) is 0 Å². The first-order chi connectivity index (χ1) is 12.5. The lowest BCUT2D eigenvalue weighted by Crippen LogP contribution is -2.43. The highest BCUT2D eigenvalue weighted by Gasteiger charge is 2.06. The van der Waals surface area contributed by atoms with E-state index in [1.165, 1.54) is 4.88 Å². The van der Waals surface area contributed by atoms with Gasteiger partial charge in [-0.05, 0) is 42.0 Å². The van der Waals surface area contributed by atoms with Crippen molar-refractivity contribution in [2.24, 2.45) is 4.99 Å². The largest absolute Gasteiger partial charge is 0.356 e.